The molecule has 0 aliphatic rings. The van der Waals surface area contributed by atoms with Crippen LogP contribution in [0.2, 0.25) is 0 Å². The third-order valence-electron chi connectivity index (χ3n) is 4.68. The van der Waals surface area contributed by atoms with Crippen LogP contribution in [0, 0.1) is 0 Å². The molecule has 0 aliphatic carbocycles. The van der Waals surface area contributed by atoms with Gasteiger partial charge in [0.2, 0.25) is 0 Å². The molecule has 0 aromatic rings. The molecular formula is C18H24O15. The van der Waals surface area contributed by atoms with Crippen molar-refractivity contribution in [3.8, 4) is 0 Å². The number of carbonyl (C=O) groups is 6. The number of hydrogen-bond donors (Lipinski definition) is 8. The molecule has 186 valence electrons. The Balaban J connectivity index is 6.98. The highest BCUT2D eigenvalue weighted by Gasteiger charge is 2.69. The lowest BCUT2D eigenvalue weighted by Gasteiger charge is -2.51. The summed E-state index contributed by atoms with van der Waals surface area (Å²) in [6, 6.07) is 0. The maximum absolute atomic E-state index is 12.5. The minimum absolute atomic E-state index is 0.233. The molecule has 8 N–H and O–H groups in total. The molecule has 0 aromatic heterocycles. The van der Waals surface area contributed by atoms with Crippen molar-refractivity contribution in [2.45, 2.75) is 55.5 Å². The summed E-state index contributed by atoms with van der Waals surface area (Å²) in [7, 11) is 0. The summed E-state index contributed by atoms with van der Waals surface area (Å²) >= 11 is 0. The van der Waals surface area contributed by atoms with Gasteiger partial charge >= 0.3 is 29.8 Å². The van der Waals surface area contributed by atoms with Crippen molar-refractivity contribution in [1.29, 1.82) is 0 Å². The number of Topliss-reactive ketones (excluding diaryl/α,β-unsaturated/α-hetero) is 1. The first kappa shape index (κ1) is 29.6. The van der Waals surface area contributed by atoms with Crippen LogP contribution in [0.25, 0.3) is 0 Å². The Labute approximate surface area is 185 Å². The van der Waals surface area contributed by atoms with Crippen LogP contribution in [0.4, 0.5) is 0 Å². The number of ether oxygens (including phenoxy) is 1. The normalized spacial score (nSPS) is 17.4. The number of aliphatic hydroxyl groups is 4. The number of aliphatic carboxylic acids is 4. The van der Waals surface area contributed by atoms with Crippen LogP contribution in [-0.2, 0) is 33.5 Å². The van der Waals surface area contributed by atoms with Gasteiger partial charge in [0.1, 0.15) is 30.3 Å². The molecule has 33 heavy (non-hydrogen) atoms. The van der Waals surface area contributed by atoms with Gasteiger partial charge in [0.25, 0.3) is 0 Å². The standard InChI is InChI=1S/C18H24O15/c1-8(2)15(29)33-7-10(20)17(31,5-13(25)26)18(32,6-14(27)28)16(30,4-12(23)24)9(19)3-11(21)22/h10,20,30-32H,1,3-7H2,2H3,(H,21,22)(H,23,24)(H,25,26)(H,27,28)/t10-,16+,17-,18-/m1/s1. The minimum atomic E-state index is -4.02. The Kier molecular flexibility index (Phi) is 9.82. The van der Waals surface area contributed by atoms with Gasteiger partial charge in [-0.1, -0.05) is 6.58 Å². The first-order chi connectivity index (χ1) is 14.8. The van der Waals surface area contributed by atoms with E-state index >= 15 is 0 Å². The van der Waals surface area contributed by atoms with Crippen molar-refractivity contribution >= 4 is 35.6 Å². The summed E-state index contributed by atoms with van der Waals surface area (Å²) < 4.78 is 4.53. The average Bonchev–Trinajstić information content (AvgIpc) is 2.62. The van der Waals surface area contributed by atoms with E-state index in [1.165, 1.54) is 0 Å². The average molecular weight is 480 g/mol. The monoisotopic (exact) mass is 480 g/mol. The molecule has 15 nitrogen and oxygen atoms in total. The predicted molar refractivity (Wildman–Crippen MR) is 101 cm³/mol. The van der Waals surface area contributed by atoms with Crippen LogP contribution in [0.15, 0.2) is 12.2 Å². The molecule has 0 saturated carbocycles. The second-order valence-electron chi connectivity index (χ2n) is 7.24. The largest absolute Gasteiger partial charge is 0.481 e. The fourth-order valence-corrected chi connectivity index (χ4v) is 3.04. The van der Waals surface area contributed by atoms with Crippen LogP contribution in [0.5, 0.6) is 0 Å². The highest BCUT2D eigenvalue weighted by molar-refractivity contribution is 6.02. The Morgan fingerprint density at radius 1 is 0.818 bits per heavy atom. The van der Waals surface area contributed by atoms with Crippen molar-refractivity contribution in [3.63, 3.8) is 0 Å². The number of carboxylic acids is 4. The molecule has 0 spiro atoms. The molecule has 0 unspecified atom stereocenters. The molecule has 0 radical (unpaired) electrons. The topological polar surface area (TPSA) is 273 Å². The number of ketones is 1. The van der Waals surface area contributed by atoms with Gasteiger partial charge in [-0.2, -0.15) is 0 Å². The van der Waals surface area contributed by atoms with Gasteiger partial charge in [-0.25, -0.2) is 4.79 Å². The minimum Gasteiger partial charge on any atom is -0.481 e. The van der Waals surface area contributed by atoms with Crippen LogP contribution in [0.1, 0.15) is 32.6 Å². The van der Waals surface area contributed by atoms with Gasteiger partial charge in [-0.3, -0.25) is 24.0 Å². The molecule has 0 amide bonds. The smallest absolute Gasteiger partial charge is 0.333 e. The molecule has 0 rings (SSSR count). The molecule has 0 aliphatic heterocycles. The molecule has 0 heterocycles. The van der Waals surface area contributed by atoms with E-state index in [0.717, 1.165) is 6.92 Å². The van der Waals surface area contributed by atoms with Gasteiger partial charge in [0.15, 0.2) is 11.4 Å². The summed E-state index contributed by atoms with van der Waals surface area (Å²) in [6.45, 7) is 3.03. The van der Waals surface area contributed by atoms with E-state index in [9.17, 15) is 54.3 Å². The van der Waals surface area contributed by atoms with E-state index < -0.39 is 90.8 Å². The first-order valence-corrected chi connectivity index (χ1v) is 8.92. The lowest BCUT2D eigenvalue weighted by Crippen LogP contribution is -2.76. The Morgan fingerprint density at radius 2 is 1.27 bits per heavy atom. The number of hydrogen-bond acceptors (Lipinski definition) is 11. The van der Waals surface area contributed by atoms with E-state index in [4.69, 9.17) is 15.3 Å². The second-order valence-corrected chi connectivity index (χ2v) is 7.24. The molecular weight excluding hydrogens is 456 g/mol. The summed E-state index contributed by atoms with van der Waals surface area (Å²) in [5.74, 6) is -11.4. The van der Waals surface area contributed by atoms with E-state index in [0.29, 0.717) is 0 Å². The van der Waals surface area contributed by atoms with Crippen LogP contribution in [0.3, 0.4) is 0 Å². The zero-order chi connectivity index (χ0) is 26.4. The zero-order valence-corrected chi connectivity index (χ0v) is 17.3. The van der Waals surface area contributed by atoms with Gasteiger partial charge < -0.3 is 45.6 Å². The van der Waals surface area contributed by atoms with E-state index in [2.05, 4.69) is 11.3 Å². The predicted octanol–water partition coefficient (Wildman–Crippen LogP) is -2.87. The van der Waals surface area contributed by atoms with Crippen LogP contribution < -0.4 is 0 Å². The van der Waals surface area contributed by atoms with Crippen molar-refractivity contribution in [2.24, 2.45) is 0 Å². The fraction of sp³-hybridized carbons (Fsp3) is 0.556. The number of rotatable bonds is 15. The highest BCUT2D eigenvalue weighted by atomic mass is 16.5. The Bertz CT molecular complexity index is 848. The lowest BCUT2D eigenvalue weighted by molar-refractivity contribution is -0.276. The number of aliphatic hydroxyl groups excluding tert-OH is 1. The summed E-state index contributed by atoms with van der Waals surface area (Å²) in [5, 5.41) is 79.6. The number of esters is 1. The van der Waals surface area contributed by atoms with Gasteiger partial charge in [-0.05, 0) is 6.92 Å². The molecule has 0 bridgehead atoms. The van der Waals surface area contributed by atoms with E-state index in [1.54, 1.807) is 0 Å². The molecule has 4 atom stereocenters. The van der Waals surface area contributed by atoms with Gasteiger partial charge in [-0.15, -0.1) is 0 Å². The first-order valence-electron chi connectivity index (χ1n) is 8.92. The Hall–Kier alpha value is -3.40. The molecule has 0 saturated heterocycles. The van der Waals surface area contributed by atoms with E-state index in [1.807, 2.05) is 0 Å². The summed E-state index contributed by atoms with van der Waals surface area (Å²) in [5.41, 5.74) is -12.0. The SMILES string of the molecule is C=C(C)C(=O)OC[C@@H](O)[C@](O)(CC(=O)O)[C@@](O)(CC(=O)O)[C@](O)(CC(=O)O)C(=O)CC(=O)O. The van der Waals surface area contributed by atoms with Crippen LogP contribution in [-0.4, -0.2) is 106 Å². The Morgan fingerprint density at radius 3 is 1.64 bits per heavy atom. The van der Waals surface area contributed by atoms with Crippen molar-refractivity contribution in [3.05, 3.63) is 12.2 Å². The summed E-state index contributed by atoms with van der Waals surface area (Å²) in [4.78, 5) is 69.0. The van der Waals surface area contributed by atoms with E-state index in [-0.39, 0.29) is 5.57 Å². The zero-order valence-electron chi connectivity index (χ0n) is 17.3. The second kappa shape index (κ2) is 11.0. The van der Waals surface area contributed by atoms with Crippen molar-refractivity contribution < 1.29 is 74.4 Å². The number of carbonyl (C=O) groups excluding carboxylic acids is 2. The molecule has 15 heteroatoms. The molecule has 0 aromatic carbocycles. The van der Waals surface area contributed by atoms with Gasteiger partial charge in [0.05, 0.1) is 19.3 Å². The molecule has 0 fully saturated rings. The van der Waals surface area contributed by atoms with Gasteiger partial charge in [0, 0.05) is 5.57 Å². The van der Waals surface area contributed by atoms with Crippen LogP contribution >= 0.6 is 0 Å². The highest BCUT2D eigenvalue weighted by Crippen LogP contribution is 2.44. The third-order valence-corrected chi connectivity index (χ3v) is 4.68. The van der Waals surface area contributed by atoms with Crippen molar-refractivity contribution in [2.75, 3.05) is 6.61 Å². The quantitative estimate of drug-likeness (QED) is 0.0664. The number of carboxylic acid groups (broad SMARTS) is 4. The maximum Gasteiger partial charge on any atom is 0.333 e. The third kappa shape index (κ3) is 6.79. The lowest BCUT2D eigenvalue weighted by atomic mass is 9.62. The maximum atomic E-state index is 12.5. The fourth-order valence-electron chi connectivity index (χ4n) is 3.04. The summed E-state index contributed by atoms with van der Waals surface area (Å²) in [6.07, 6.45) is -10.1. The van der Waals surface area contributed by atoms with Crippen molar-refractivity contribution in [1.82, 2.24) is 0 Å².